The number of benzene rings is 3. The number of sulfonamides is 2. The average molecular weight is 729 g/mol. The van der Waals surface area contributed by atoms with Crippen LogP contribution >= 0.6 is 0 Å². The number of aliphatic hydroxyl groups is 1. The van der Waals surface area contributed by atoms with Gasteiger partial charge in [0.25, 0.3) is 0 Å². The summed E-state index contributed by atoms with van der Waals surface area (Å²) in [5.41, 5.74) is 1.97. The van der Waals surface area contributed by atoms with E-state index in [1.165, 1.54) is 26.3 Å². The van der Waals surface area contributed by atoms with E-state index in [-0.39, 0.29) is 42.9 Å². The maximum atomic E-state index is 14.2. The lowest BCUT2D eigenvalue weighted by Crippen LogP contribution is -2.53. The van der Waals surface area contributed by atoms with Crippen molar-refractivity contribution in [2.45, 2.75) is 50.8 Å². The van der Waals surface area contributed by atoms with Crippen LogP contribution in [0.15, 0.2) is 83.8 Å². The lowest BCUT2D eigenvalue weighted by atomic mass is 10.00. The molecule has 3 atom stereocenters. The third kappa shape index (κ3) is 9.62. The SMILES string of the molecule is CC(C)CN(C(Cc1ccccc1)[C@H](O)CNC(=O)[C@@H](C)CS(=O)(=O)N1CCN(Cc2ccccc2)CC1)S(=O)(=O)c1ccc2c(c1)OCO2. The molecule has 12 nitrogen and oxygen atoms in total. The molecule has 0 radical (unpaired) electrons. The highest BCUT2D eigenvalue weighted by molar-refractivity contribution is 7.89. The smallest absolute Gasteiger partial charge is 0.243 e. The van der Waals surface area contributed by atoms with Crippen molar-refractivity contribution >= 4 is 26.0 Å². The molecule has 0 aromatic heterocycles. The molecule has 2 N–H and O–H groups in total. The number of fused-ring (bicyclic) bond motifs is 1. The topological polar surface area (TPSA) is 146 Å². The Morgan fingerprint density at radius 1 is 0.860 bits per heavy atom. The number of hydrogen-bond acceptors (Lipinski definition) is 9. The first-order valence-corrected chi connectivity index (χ1v) is 20.0. The summed E-state index contributed by atoms with van der Waals surface area (Å²) in [6.07, 6.45) is -1.14. The third-order valence-corrected chi connectivity index (χ3v) is 12.9. The Labute approximate surface area is 296 Å². The van der Waals surface area contributed by atoms with Crippen molar-refractivity contribution in [3.05, 3.63) is 90.0 Å². The Morgan fingerprint density at radius 2 is 1.48 bits per heavy atom. The normalized spacial score (nSPS) is 17.5. The van der Waals surface area contributed by atoms with Gasteiger partial charge in [0.2, 0.25) is 32.7 Å². The van der Waals surface area contributed by atoms with E-state index in [0.717, 1.165) is 12.1 Å². The molecule has 2 aliphatic heterocycles. The van der Waals surface area contributed by atoms with Gasteiger partial charge in [-0.25, -0.2) is 16.8 Å². The first-order chi connectivity index (χ1) is 23.8. The molecule has 50 heavy (non-hydrogen) atoms. The number of carbonyl (C=O) groups excluding carboxylic acids is 1. The number of piperazine rings is 1. The zero-order chi connectivity index (χ0) is 35.9. The van der Waals surface area contributed by atoms with Crippen LogP contribution in [0.5, 0.6) is 11.5 Å². The third-order valence-electron chi connectivity index (χ3n) is 8.96. The molecular formula is C36H48N4O8S2. The Balaban J connectivity index is 1.25. The van der Waals surface area contributed by atoms with Crippen LogP contribution in [0.4, 0.5) is 0 Å². The van der Waals surface area contributed by atoms with Gasteiger partial charge in [-0.2, -0.15) is 8.61 Å². The Bertz CT molecular complexity index is 1780. The summed E-state index contributed by atoms with van der Waals surface area (Å²) in [5, 5.41) is 14.3. The van der Waals surface area contributed by atoms with Crippen molar-refractivity contribution in [1.82, 2.24) is 18.8 Å². The number of carbonyl (C=O) groups is 1. The van der Waals surface area contributed by atoms with E-state index in [4.69, 9.17) is 9.47 Å². The Kier molecular flexibility index (Phi) is 12.6. The van der Waals surface area contributed by atoms with Crippen molar-refractivity contribution in [2.75, 3.05) is 51.8 Å². The monoisotopic (exact) mass is 728 g/mol. The van der Waals surface area contributed by atoms with E-state index in [0.29, 0.717) is 37.7 Å². The summed E-state index contributed by atoms with van der Waals surface area (Å²) in [7, 11) is -7.88. The van der Waals surface area contributed by atoms with Gasteiger partial charge in [-0.05, 0) is 35.6 Å². The van der Waals surface area contributed by atoms with Crippen molar-refractivity contribution in [1.29, 1.82) is 0 Å². The van der Waals surface area contributed by atoms with Crippen molar-refractivity contribution in [3.8, 4) is 11.5 Å². The number of amides is 1. The lowest BCUT2D eigenvalue weighted by molar-refractivity contribution is -0.124. The molecule has 1 unspecified atom stereocenters. The van der Waals surface area contributed by atoms with Crippen LogP contribution in [0.1, 0.15) is 31.9 Å². The van der Waals surface area contributed by atoms with E-state index < -0.39 is 44.0 Å². The number of ether oxygens (including phenoxy) is 2. The van der Waals surface area contributed by atoms with Gasteiger partial charge in [0.15, 0.2) is 11.5 Å². The predicted octanol–water partition coefficient (Wildman–Crippen LogP) is 2.93. The van der Waals surface area contributed by atoms with Gasteiger partial charge in [0.1, 0.15) is 0 Å². The van der Waals surface area contributed by atoms with Crippen molar-refractivity contribution in [3.63, 3.8) is 0 Å². The molecule has 2 heterocycles. The van der Waals surface area contributed by atoms with Crippen LogP contribution in [0.3, 0.4) is 0 Å². The summed E-state index contributed by atoms with van der Waals surface area (Å²) in [6, 6.07) is 22.7. The second-order valence-corrected chi connectivity index (χ2v) is 17.3. The summed E-state index contributed by atoms with van der Waals surface area (Å²) in [4.78, 5) is 15.5. The van der Waals surface area contributed by atoms with Gasteiger partial charge >= 0.3 is 0 Å². The van der Waals surface area contributed by atoms with Crippen molar-refractivity contribution < 1.29 is 36.2 Å². The second kappa shape index (κ2) is 16.7. The van der Waals surface area contributed by atoms with Gasteiger partial charge in [0, 0.05) is 51.9 Å². The average Bonchev–Trinajstić information content (AvgIpc) is 3.58. The molecule has 1 amide bonds. The molecule has 0 bridgehead atoms. The minimum Gasteiger partial charge on any atom is -0.454 e. The van der Waals surface area contributed by atoms with E-state index in [1.807, 2.05) is 74.5 Å². The standard InChI is InChI=1S/C36H48N4O8S2/c1-27(2)23-40(50(45,46)31-14-15-34-35(21-31)48-26-47-34)32(20-29-10-6-4-7-11-29)33(41)22-37-36(42)28(3)25-49(43,44)39-18-16-38(17-19-39)24-30-12-8-5-9-13-30/h4-15,21,27-28,32-33,41H,16-20,22-26H2,1-3H3,(H,37,42)/t28-,32?,33+/m0/s1. The summed E-state index contributed by atoms with van der Waals surface area (Å²) in [5.74, 6) is -1.14. The summed E-state index contributed by atoms with van der Waals surface area (Å²) < 4.78 is 68.6. The van der Waals surface area contributed by atoms with Crippen LogP contribution in [-0.4, -0.2) is 105 Å². The van der Waals surface area contributed by atoms with Gasteiger partial charge in [-0.15, -0.1) is 0 Å². The molecule has 1 saturated heterocycles. The van der Waals surface area contributed by atoms with Gasteiger partial charge in [-0.3, -0.25) is 9.69 Å². The van der Waals surface area contributed by atoms with E-state index >= 15 is 0 Å². The molecule has 1 fully saturated rings. The maximum Gasteiger partial charge on any atom is 0.243 e. The van der Waals surface area contributed by atoms with Gasteiger partial charge < -0.3 is 19.9 Å². The molecule has 2 aliphatic rings. The maximum absolute atomic E-state index is 14.2. The molecule has 0 aliphatic carbocycles. The zero-order valence-electron chi connectivity index (χ0n) is 28.8. The predicted molar refractivity (Wildman–Crippen MR) is 190 cm³/mol. The van der Waals surface area contributed by atoms with E-state index in [9.17, 15) is 26.7 Å². The largest absolute Gasteiger partial charge is 0.454 e. The number of rotatable bonds is 16. The van der Waals surface area contributed by atoms with Crippen LogP contribution in [0.25, 0.3) is 0 Å². The molecule has 5 rings (SSSR count). The fourth-order valence-electron chi connectivity index (χ4n) is 6.25. The molecule has 272 valence electrons. The van der Waals surface area contributed by atoms with Gasteiger partial charge in [-0.1, -0.05) is 81.4 Å². The molecule has 0 spiro atoms. The highest BCUT2D eigenvalue weighted by atomic mass is 32.2. The summed E-state index contributed by atoms with van der Waals surface area (Å²) in [6.45, 7) is 7.75. The lowest BCUT2D eigenvalue weighted by Gasteiger charge is -2.35. The van der Waals surface area contributed by atoms with E-state index in [2.05, 4.69) is 10.2 Å². The number of aliphatic hydroxyl groups excluding tert-OH is 1. The molecule has 3 aromatic carbocycles. The minimum absolute atomic E-state index is 0.00331. The van der Waals surface area contributed by atoms with Gasteiger partial charge in [0.05, 0.1) is 28.7 Å². The fraction of sp³-hybridized carbons (Fsp3) is 0.472. The highest BCUT2D eigenvalue weighted by Gasteiger charge is 2.38. The van der Waals surface area contributed by atoms with Crippen LogP contribution in [0.2, 0.25) is 0 Å². The first kappa shape index (κ1) is 37.7. The Hall–Kier alpha value is -3.53. The van der Waals surface area contributed by atoms with Crippen LogP contribution in [-0.2, 0) is 37.8 Å². The van der Waals surface area contributed by atoms with E-state index in [1.54, 1.807) is 13.0 Å². The molecule has 3 aromatic rings. The van der Waals surface area contributed by atoms with Crippen LogP contribution < -0.4 is 14.8 Å². The number of hydrogen-bond donors (Lipinski definition) is 2. The molecule has 14 heteroatoms. The first-order valence-electron chi connectivity index (χ1n) is 17.0. The van der Waals surface area contributed by atoms with Crippen molar-refractivity contribution in [2.24, 2.45) is 11.8 Å². The number of nitrogens with one attached hydrogen (secondary N) is 1. The molecular weight excluding hydrogens is 681 g/mol. The highest BCUT2D eigenvalue weighted by Crippen LogP contribution is 2.35. The second-order valence-electron chi connectivity index (χ2n) is 13.4. The van der Waals surface area contributed by atoms with Crippen LogP contribution in [0, 0.1) is 11.8 Å². The fourth-order valence-corrected chi connectivity index (χ4v) is 9.80. The Morgan fingerprint density at radius 3 is 2.12 bits per heavy atom. The zero-order valence-corrected chi connectivity index (χ0v) is 30.5. The quantitative estimate of drug-likeness (QED) is 0.228. The summed E-state index contributed by atoms with van der Waals surface area (Å²) >= 11 is 0. The molecule has 0 saturated carbocycles. The minimum atomic E-state index is -4.16. The number of nitrogens with zero attached hydrogens (tertiary/aromatic N) is 3.